The van der Waals surface area contributed by atoms with E-state index >= 15 is 0 Å². The number of ether oxygens (including phenoxy) is 2. The largest absolute Gasteiger partial charge is 0.461 e. The Morgan fingerprint density at radius 2 is 1.90 bits per heavy atom. The molecule has 29 heavy (non-hydrogen) atoms. The number of nitrogens with zero attached hydrogens (tertiary/aromatic N) is 6. The number of benzene rings is 1. The fraction of sp³-hybridized carbons (Fsp3) is 0.300. The summed E-state index contributed by atoms with van der Waals surface area (Å²) in [5, 5.41) is 0. The second kappa shape index (κ2) is 8.27. The lowest BCUT2D eigenvalue weighted by molar-refractivity contribution is 0.141. The predicted octanol–water partition coefficient (Wildman–Crippen LogP) is 2.04. The normalized spacial score (nSPS) is 11.2. The third kappa shape index (κ3) is 4.19. The van der Waals surface area contributed by atoms with Crippen LogP contribution in [0.15, 0.2) is 43.0 Å². The van der Waals surface area contributed by atoms with Crippen LogP contribution in [0.1, 0.15) is 17.0 Å². The highest BCUT2D eigenvalue weighted by Gasteiger charge is 2.15. The molecule has 9 heteroatoms. The minimum atomic E-state index is 0.224. The van der Waals surface area contributed by atoms with Gasteiger partial charge in [-0.15, -0.1) is 0 Å². The number of nitrogens with two attached hydrogens (primary N) is 1. The lowest BCUT2D eigenvalue weighted by Crippen LogP contribution is -2.09. The molecule has 0 radical (unpaired) electrons. The number of rotatable bonds is 8. The number of nitrogen functional groups attached to an aromatic ring is 1. The molecule has 4 aromatic rings. The van der Waals surface area contributed by atoms with Crippen LogP contribution >= 0.6 is 0 Å². The number of anilines is 1. The molecule has 0 aliphatic carbocycles. The second-order valence-electron chi connectivity index (χ2n) is 6.71. The minimum absolute atomic E-state index is 0.224. The Hall–Kier alpha value is -3.46. The summed E-state index contributed by atoms with van der Waals surface area (Å²) in [6, 6.07) is 8.64. The van der Waals surface area contributed by atoms with Crippen LogP contribution in [0.5, 0.6) is 6.01 Å². The van der Waals surface area contributed by atoms with E-state index < -0.39 is 0 Å². The van der Waals surface area contributed by atoms with Gasteiger partial charge in [0.15, 0.2) is 17.0 Å². The molecular formula is C20H23N7O2. The van der Waals surface area contributed by atoms with Crippen LogP contribution in [-0.4, -0.2) is 49.4 Å². The average Bonchev–Trinajstić information content (AvgIpc) is 3.32. The van der Waals surface area contributed by atoms with Crippen LogP contribution < -0.4 is 10.5 Å². The van der Waals surface area contributed by atoms with Gasteiger partial charge in [-0.25, -0.2) is 9.97 Å². The van der Waals surface area contributed by atoms with E-state index in [-0.39, 0.29) is 6.01 Å². The first-order valence-corrected chi connectivity index (χ1v) is 9.29. The van der Waals surface area contributed by atoms with Crippen LogP contribution in [0.3, 0.4) is 0 Å². The molecule has 0 amide bonds. The van der Waals surface area contributed by atoms with Crippen LogP contribution in [0.2, 0.25) is 0 Å². The van der Waals surface area contributed by atoms with Gasteiger partial charge in [-0.2, -0.15) is 9.97 Å². The van der Waals surface area contributed by atoms with Gasteiger partial charge in [0, 0.05) is 26.0 Å². The first-order valence-electron chi connectivity index (χ1n) is 9.29. The zero-order valence-corrected chi connectivity index (χ0v) is 16.4. The van der Waals surface area contributed by atoms with E-state index in [1.54, 1.807) is 13.3 Å². The summed E-state index contributed by atoms with van der Waals surface area (Å²) in [5.41, 5.74) is 9.66. The van der Waals surface area contributed by atoms with Crippen molar-refractivity contribution >= 4 is 17.0 Å². The molecule has 0 spiro atoms. The fourth-order valence-corrected chi connectivity index (χ4v) is 3.18. The summed E-state index contributed by atoms with van der Waals surface area (Å²) in [7, 11) is 1.61. The maximum Gasteiger partial charge on any atom is 0.320 e. The van der Waals surface area contributed by atoms with E-state index in [0.717, 1.165) is 17.9 Å². The second-order valence-corrected chi connectivity index (χ2v) is 6.71. The fourth-order valence-electron chi connectivity index (χ4n) is 3.18. The molecule has 0 aliphatic rings. The van der Waals surface area contributed by atoms with Gasteiger partial charge >= 0.3 is 6.01 Å². The van der Waals surface area contributed by atoms with Gasteiger partial charge in [-0.1, -0.05) is 24.3 Å². The smallest absolute Gasteiger partial charge is 0.320 e. The summed E-state index contributed by atoms with van der Waals surface area (Å²) in [5.74, 6) is 1.12. The molecule has 0 saturated carbocycles. The highest BCUT2D eigenvalue weighted by atomic mass is 16.5. The highest BCUT2D eigenvalue weighted by Crippen LogP contribution is 2.23. The zero-order valence-electron chi connectivity index (χ0n) is 16.4. The van der Waals surface area contributed by atoms with Crippen LogP contribution in [-0.2, 0) is 17.8 Å². The molecule has 0 saturated heterocycles. The van der Waals surface area contributed by atoms with Crippen LogP contribution in [0.4, 0.5) is 5.82 Å². The first-order chi connectivity index (χ1) is 14.1. The predicted molar refractivity (Wildman–Crippen MR) is 109 cm³/mol. The summed E-state index contributed by atoms with van der Waals surface area (Å²) in [6.45, 7) is 4.12. The molecular weight excluding hydrogens is 370 g/mol. The number of hydrogen-bond donors (Lipinski definition) is 1. The van der Waals surface area contributed by atoms with Crippen molar-refractivity contribution in [2.45, 2.75) is 20.0 Å². The molecule has 2 N–H and O–H groups in total. The van der Waals surface area contributed by atoms with Crippen molar-refractivity contribution < 1.29 is 9.47 Å². The number of methoxy groups -OCH3 is 1. The summed E-state index contributed by atoms with van der Waals surface area (Å²) in [4.78, 5) is 17.4. The van der Waals surface area contributed by atoms with Crippen molar-refractivity contribution in [3.63, 3.8) is 0 Å². The van der Waals surface area contributed by atoms with Gasteiger partial charge in [0.25, 0.3) is 0 Å². The Morgan fingerprint density at radius 1 is 1.07 bits per heavy atom. The number of hydrogen-bond acceptors (Lipinski definition) is 7. The van der Waals surface area contributed by atoms with E-state index in [4.69, 9.17) is 15.2 Å². The molecule has 150 valence electrons. The van der Waals surface area contributed by atoms with Crippen molar-refractivity contribution in [2.75, 3.05) is 26.1 Å². The molecule has 9 nitrogen and oxygen atoms in total. The summed E-state index contributed by atoms with van der Waals surface area (Å²) in [6.07, 6.45) is 5.54. The Morgan fingerprint density at radius 3 is 2.66 bits per heavy atom. The Balaban J connectivity index is 1.62. The summed E-state index contributed by atoms with van der Waals surface area (Å²) < 4.78 is 14.6. The molecule has 0 fully saturated rings. The topological polar surface area (TPSA) is 106 Å². The maximum atomic E-state index is 6.09. The average molecular weight is 393 g/mol. The van der Waals surface area contributed by atoms with Gasteiger partial charge in [-0.05, 0) is 18.1 Å². The van der Waals surface area contributed by atoms with Crippen LogP contribution in [0, 0.1) is 6.92 Å². The Kier molecular flexibility index (Phi) is 5.39. The van der Waals surface area contributed by atoms with Crippen molar-refractivity contribution in [3.8, 4) is 6.01 Å². The van der Waals surface area contributed by atoms with Gasteiger partial charge < -0.3 is 24.3 Å². The van der Waals surface area contributed by atoms with Gasteiger partial charge in [0.2, 0.25) is 0 Å². The van der Waals surface area contributed by atoms with Crippen molar-refractivity contribution in [2.24, 2.45) is 0 Å². The quantitative estimate of drug-likeness (QED) is 0.457. The lowest BCUT2D eigenvalue weighted by atomic mass is 10.1. The maximum absolute atomic E-state index is 6.09. The van der Waals surface area contributed by atoms with Gasteiger partial charge in [0.1, 0.15) is 12.4 Å². The van der Waals surface area contributed by atoms with Crippen LogP contribution in [0.25, 0.3) is 11.2 Å². The number of aryl methyl sites for hydroxylation is 1. The van der Waals surface area contributed by atoms with E-state index in [1.165, 1.54) is 5.56 Å². The molecule has 3 heterocycles. The first kappa shape index (κ1) is 18.9. The molecule has 0 bridgehead atoms. The highest BCUT2D eigenvalue weighted by molar-refractivity contribution is 5.82. The molecule has 0 unspecified atom stereocenters. The van der Waals surface area contributed by atoms with Gasteiger partial charge in [-0.3, -0.25) is 0 Å². The lowest BCUT2D eigenvalue weighted by Gasteiger charge is -2.10. The number of aromatic nitrogens is 6. The third-order valence-corrected chi connectivity index (χ3v) is 4.57. The van der Waals surface area contributed by atoms with Crippen molar-refractivity contribution in [1.29, 1.82) is 0 Å². The van der Waals surface area contributed by atoms with E-state index in [9.17, 15) is 0 Å². The molecule has 1 aromatic carbocycles. The van der Waals surface area contributed by atoms with E-state index in [1.807, 2.05) is 28.6 Å². The van der Waals surface area contributed by atoms with Crippen molar-refractivity contribution in [1.82, 2.24) is 29.1 Å². The zero-order chi connectivity index (χ0) is 20.2. The Bertz CT molecular complexity index is 1110. The number of fused-ring (bicyclic) bond motifs is 1. The molecule has 0 aliphatic heterocycles. The number of imidazole rings is 2. The third-order valence-electron chi connectivity index (χ3n) is 4.57. The molecule has 3 aromatic heterocycles. The van der Waals surface area contributed by atoms with E-state index in [2.05, 4.69) is 44.2 Å². The summed E-state index contributed by atoms with van der Waals surface area (Å²) >= 11 is 0. The monoisotopic (exact) mass is 393 g/mol. The molecule has 0 atom stereocenters. The van der Waals surface area contributed by atoms with E-state index in [0.29, 0.717) is 36.7 Å². The standard InChI is InChI=1S/C20H23N7O2/c1-14-23-17-18(21)24-20(29-9-8-28-2)25-19(17)27(14)12-16-5-3-4-15(10-16)11-26-7-6-22-13-26/h3-7,10,13H,8-9,11-12H2,1-2H3,(H2,21,24,25). The van der Waals surface area contributed by atoms with Crippen molar-refractivity contribution in [3.05, 3.63) is 59.9 Å². The molecule has 4 rings (SSSR count). The minimum Gasteiger partial charge on any atom is -0.461 e. The van der Waals surface area contributed by atoms with Gasteiger partial charge in [0.05, 0.1) is 19.5 Å². The Labute approximate surface area is 168 Å². The SMILES string of the molecule is COCCOc1nc(N)c2nc(C)n(Cc3cccc(Cn4ccnc4)c3)c2n1.